The van der Waals surface area contributed by atoms with Crippen molar-refractivity contribution >= 4 is 0 Å². The molecule has 0 aliphatic rings. The molecule has 0 saturated carbocycles. The fraction of sp³-hybridized carbons (Fsp3) is 1.00. The molecule has 3 N–H and O–H groups in total. The fourth-order valence-corrected chi connectivity index (χ4v) is 1.05. The highest BCUT2D eigenvalue weighted by atomic mass is 16.5. The van der Waals surface area contributed by atoms with Crippen LogP contribution < -0.4 is 11.3 Å². The Morgan fingerprint density at radius 2 is 2.15 bits per heavy atom. The minimum absolute atomic E-state index is 0.182. The van der Waals surface area contributed by atoms with Crippen LogP contribution in [0.2, 0.25) is 0 Å². The molecule has 0 heterocycles. The summed E-state index contributed by atoms with van der Waals surface area (Å²) in [6.07, 6.45) is 2.12. The number of hydrazine groups is 1. The SMILES string of the molecule is CCCOCC(CC(C)OC)NN. The van der Waals surface area contributed by atoms with E-state index in [9.17, 15) is 0 Å². The van der Waals surface area contributed by atoms with E-state index in [1.807, 2.05) is 6.92 Å². The van der Waals surface area contributed by atoms with E-state index >= 15 is 0 Å². The lowest BCUT2D eigenvalue weighted by molar-refractivity contribution is 0.0660. The van der Waals surface area contributed by atoms with E-state index in [-0.39, 0.29) is 12.1 Å². The van der Waals surface area contributed by atoms with Crippen LogP contribution in [0.4, 0.5) is 0 Å². The Balaban J connectivity index is 3.50. The smallest absolute Gasteiger partial charge is 0.0634 e. The summed E-state index contributed by atoms with van der Waals surface area (Å²) in [5.41, 5.74) is 2.72. The lowest BCUT2D eigenvalue weighted by Crippen LogP contribution is -2.41. The zero-order chi connectivity index (χ0) is 10.1. The predicted molar refractivity (Wildman–Crippen MR) is 53.3 cm³/mol. The third-order valence-electron chi connectivity index (χ3n) is 1.92. The Morgan fingerprint density at radius 3 is 2.62 bits per heavy atom. The maximum atomic E-state index is 5.38. The number of nitrogens with one attached hydrogen (secondary N) is 1. The van der Waals surface area contributed by atoms with Crippen molar-refractivity contribution in [3.05, 3.63) is 0 Å². The van der Waals surface area contributed by atoms with E-state index in [1.165, 1.54) is 0 Å². The second-order valence-electron chi connectivity index (χ2n) is 3.22. The Kier molecular flexibility index (Phi) is 8.33. The van der Waals surface area contributed by atoms with Crippen molar-refractivity contribution in [2.45, 2.75) is 38.8 Å². The summed E-state index contributed by atoms with van der Waals surface area (Å²) < 4.78 is 10.5. The maximum absolute atomic E-state index is 5.38. The quantitative estimate of drug-likeness (QED) is 0.335. The summed E-state index contributed by atoms with van der Waals surface area (Å²) in [6.45, 7) is 5.55. The Bertz CT molecular complexity index is 112. The second kappa shape index (κ2) is 8.44. The first-order valence-corrected chi connectivity index (χ1v) is 4.81. The predicted octanol–water partition coefficient (Wildman–Crippen LogP) is 0.670. The van der Waals surface area contributed by atoms with E-state index in [1.54, 1.807) is 7.11 Å². The van der Waals surface area contributed by atoms with Crippen molar-refractivity contribution in [3.63, 3.8) is 0 Å². The summed E-state index contributed by atoms with van der Waals surface area (Å²) in [4.78, 5) is 0. The molecule has 4 nitrogen and oxygen atoms in total. The third-order valence-corrected chi connectivity index (χ3v) is 1.92. The average Bonchev–Trinajstić information content (AvgIpc) is 2.16. The summed E-state index contributed by atoms with van der Waals surface area (Å²) in [5, 5.41) is 0. The average molecular weight is 190 g/mol. The number of methoxy groups -OCH3 is 1. The van der Waals surface area contributed by atoms with Gasteiger partial charge in [0, 0.05) is 19.8 Å². The maximum Gasteiger partial charge on any atom is 0.0634 e. The molecule has 0 bridgehead atoms. The first-order chi connectivity index (χ1) is 6.24. The van der Waals surface area contributed by atoms with Crippen LogP contribution in [0.25, 0.3) is 0 Å². The zero-order valence-corrected chi connectivity index (χ0v) is 8.88. The number of rotatable bonds is 8. The molecular formula is C9H22N2O2. The molecule has 0 aromatic heterocycles. The van der Waals surface area contributed by atoms with Gasteiger partial charge in [-0.1, -0.05) is 6.92 Å². The van der Waals surface area contributed by atoms with Crippen LogP contribution in [0.5, 0.6) is 0 Å². The van der Waals surface area contributed by atoms with Crippen LogP contribution in [-0.4, -0.2) is 32.5 Å². The van der Waals surface area contributed by atoms with Gasteiger partial charge < -0.3 is 9.47 Å². The Morgan fingerprint density at radius 1 is 1.46 bits per heavy atom. The van der Waals surface area contributed by atoms with Gasteiger partial charge in [-0.2, -0.15) is 0 Å². The van der Waals surface area contributed by atoms with Crippen molar-refractivity contribution in [2.24, 2.45) is 5.84 Å². The molecule has 0 radical (unpaired) electrons. The molecule has 80 valence electrons. The molecule has 0 fully saturated rings. The van der Waals surface area contributed by atoms with E-state index in [4.69, 9.17) is 15.3 Å². The minimum Gasteiger partial charge on any atom is -0.382 e. The molecule has 0 aliphatic carbocycles. The van der Waals surface area contributed by atoms with Gasteiger partial charge in [-0.05, 0) is 19.8 Å². The number of hydrogen-bond donors (Lipinski definition) is 2. The van der Waals surface area contributed by atoms with Crippen molar-refractivity contribution < 1.29 is 9.47 Å². The number of hydrogen-bond acceptors (Lipinski definition) is 4. The molecule has 2 atom stereocenters. The molecule has 0 aromatic rings. The molecular weight excluding hydrogens is 168 g/mol. The van der Waals surface area contributed by atoms with Gasteiger partial charge in [-0.3, -0.25) is 11.3 Å². The summed E-state index contributed by atoms with van der Waals surface area (Å²) >= 11 is 0. The molecule has 0 amide bonds. The monoisotopic (exact) mass is 190 g/mol. The van der Waals surface area contributed by atoms with Gasteiger partial charge in [0.05, 0.1) is 12.7 Å². The van der Waals surface area contributed by atoms with Crippen molar-refractivity contribution in [1.29, 1.82) is 0 Å². The minimum atomic E-state index is 0.182. The van der Waals surface area contributed by atoms with E-state index in [0.717, 1.165) is 19.4 Å². The van der Waals surface area contributed by atoms with Crippen LogP contribution in [0, 0.1) is 0 Å². The number of nitrogens with two attached hydrogens (primary N) is 1. The second-order valence-corrected chi connectivity index (χ2v) is 3.22. The van der Waals surface area contributed by atoms with Gasteiger partial charge >= 0.3 is 0 Å². The fourth-order valence-electron chi connectivity index (χ4n) is 1.05. The highest BCUT2D eigenvalue weighted by molar-refractivity contribution is 4.66. The summed E-state index contributed by atoms with van der Waals surface area (Å²) in [6, 6.07) is 0.182. The molecule has 0 rings (SSSR count). The van der Waals surface area contributed by atoms with Gasteiger partial charge in [0.1, 0.15) is 0 Å². The molecule has 0 saturated heterocycles. The van der Waals surface area contributed by atoms with Crippen LogP contribution in [0.3, 0.4) is 0 Å². The van der Waals surface area contributed by atoms with Gasteiger partial charge in [-0.15, -0.1) is 0 Å². The van der Waals surface area contributed by atoms with Gasteiger partial charge in [-0.25, -0.2) is 0 Å². The molecule has 0 aliphatic heterocycles. The van der Waals surface area contributed by atoms with E-state index < -0.39 is 0 Å². The first-order valence-electron chi connectivity index (χ1n) is 4.81. The van der Waals surface area contributed by atoms with Crippen molar-refractivity contribution in [1.82, 2.24) is 5.43 Å². The summed E-state index contributed by atoms with van der Waals surface area (Å²) in [5.74, 6) is 5.37. The molecule has 0 aromatic carbocycles. The molecule has 13 heavy (non-hydrogen) atoms. The topological polar surface area (TPSA) is 56.5 Å². The molecule has 2 unspecified atom stereocenters. The van der Waals surface area contributed by atoms with Crippen LogP contribution in [0.1, 0.15) is 26.7 Å². The van der Waals surface area contributed by atoms with Crippen LogP contribution in [0.15, 0.2) is 0 Å². The normalized spacial score (nSPS) is 15.7. The van der Waals surface area contributed by atoms with Crippen LogP contribution in [-0.2, 0) is 9.47 Å². The zero-order valence-electron chi connectivity index (χ0n) is 8.88. The van der Waals surface area contributed by atoms with Crippen molar-refractivity contribution in [3.8, 4) is 0 Å². The van der Waals surface area contributed by atoms with Crippen molar-refractivity contribution in [2.75, 3.05) is 20.3 Å². The number of ether oxygens (including phenoxy) is 2. The van der Waals surface area contributed by atoms with Crippen LogP contribution >= 0.6 is 0 Å². The van der Waals surface area contributed by atoms with Gasteiger partial charge in [0.2, 0.25) is 0 Å². The first kappa shape index (κ1) is 12.8. The lowest BCUT2D eigenvalue weighted by Gasteiger charge is -2.19. The van der Waals surface area contributed by atoms with E-state index in [2.05, 4.69) is 12.3 Å². The Labute approximate surface area is 80.7 Å². The molecule has 4 heteroatoms. The highest BCUT2D eigenvalue weighted by Gasteiger charge is 2.10. The third kappa shape index (κ3) is 6.95. The largest absolute Gasteiger partial charge is 0.382 e. The summed E-state index contributed by atoms with van der Waals surface area (Å²) in [7, 11) is 1.70. The highest BCUT2D eigenvalue weighted by Crippen LogP contribution is 2.01. The van der Waals surface area contributed by atoms with Gasteiger partial charge in [0.15, 0.2) is 0 Å². The standard InChI is InChI=1S/C9H22N2O2/c1-4-5-13-7-9(11-10)6-8(2)12-3/h8-9,11H,4-7,10H2,1-3H3. The lowest BCUT2D eigenvalue weighted by atomic mass is 10.1. The molecule has 0 spiro atoms. The Hall–Kier alpha value is -0.160. The van der Waals surface area contributed by atoms with E-state index in [0.29, 0.717) is 6.61 Å². The van der Waals surface area contributed by atoms with Gasteiger partial charge in [0.25, 0.3) is 0 Å².